The van der Waals surface area contributed by atoms with Crippen molar-refractivity contribution in [2.45, 2.75) is 18.1 Å². The van der Waals surface area contributed by atoms with Crippen LogP contribution >= 0.6 is 23.2 Å². The van der Waals surface area contributed by atoms with Crippen molar-refractivity contribution in [1.82, 2.24) is 0 Å². The molecule has 0 fully saturated rings. The van der Waals surface area contributed by atoms with E-state index in [9.17, 15) is 10.2 Å². The van der Waals surface area contributed by atoms with Gasteiger partial charge in [0.2, 0.25) is 0 Å². The van der Waals surface area contributed by atoms with Crippen LogP contribution in [0.4, 0.5) is 0 Å². The first kappa shape index (κ1) is 13.6. The third-order valence-corrected chi connectivity index (χ3v) is 2.92. The standard InChI is InChI=1S/C11H14Cl2O3/c1-16-10-3-2-7(4-8(10)5-12)11(15)9(14)6-13/h2-4,9,11,14-15H,5-6H2,1H3. The van der Waals surface area contributed by atoms with Crippen LogP contribution < -0.4 is 4.74 Å². The van der Waals surface area contributed by atoms with Gasteiger partial charge in [0, 0.05) is 5.56 Å². The van der Waals surface area contributed by atoms with Crippen LogP contribution in [0.3, 0.4) is 0 Å². The normalized spacial score (nSPS) is 14.6. The third kappa shape index (κ3) is 3.01. The molecule has 0 amide bonds. The lowest BCUT2D eigenvalue weighted by atomic mass is 10.0. The lowest BCUT2D eigenvalue weighted by Gasteiger charge is -2.17. The minimum Gasteiger partial charge on any atom is -0.496 e. The first-order valence-electron chi connectivity index (χ1n) is 4.79. The van der Waals surface area contributed by atoms with Gasteiger partial charge in [0.05, 0.1) is 25.0 Å². The first-order chi connectivity index (χ1) is 7.63. The summed E-state index contributed by atoms with van der Waals surface area (Å²) in [5, 5.41) is 19.2. The lowest BCUT2D eigenvalue weighted by molar-refractivity contribution is 0.0326. The average molecular weight is 265 g/mol. The highest BCUT2D eigenvalue weighted by Gasteiger charge is 2.18. The molecule has 3 nitrogen and oxygen atoms in total. The lowest BCUT2D eigenvalue weighted by Crippen LogP contribution is -2.19. The molecule has 0 aliphatic carbocycles. The van der Waals surface area contributed by atoms with Crippen molar-refractivity contribution in [3.05, 3.63) is 29.3 Å². The number of methoxy groups -OCH3 is 1. The molecule has 0 radical (unpaired) electrons. The Morgan fingerprint density at radius 1 is 1.31 bits per heavy atom. The quantitative estimate of drug-likeness (QED) is 0.801. The molecule has 0 aliphatic heterocycles. The Bertz CT molecular complexity index is 344. The molecule has 1 aromatic rings. The number of alkyl halides is 2. The van der Waals surface area contributed by atoms with E-state index >= 15 is 0 Å². The van der Waals surface area contributed by atoms with E-state index < -0.39 is 12.2 Å². The highest BCUT2D eigenvalue weighted by atomic mass is 35.5. The van der Waals surface area contributed by atoms with Crippen LogP contribution in [-0.2, 0) is 5.88 Å². The summed E-state index contributed by atoms with van der Waals surface area (Å²) in [6.07, 6.45) is -2.00. The fourth-order valence-electron chi connectivity index (χ4n) is 1.39. The van der Waals surface area contributed by atoms with Crippen LogP contribution in [0.2, 0.25) is 0 Å². The van der Waals surface area contributed by atoms with Gasteiger partial charge in [-0.15, -0.1) is 23.2 Å². The van der Waals surface area contributed by atoms with Gasteiger partial charge < -0.3 is 14.9 Å². The van der Waals surface area contributed by atoms with Gasteiger partial charge in [-0.3, -0.25) is 0 Å². The average Bonchev–Trinajstić information content (AvgIpc) is 2.35. The zero-order valence-electron chi connectivity index (χ0n) is 8.86. The zero-order valence-corrected chi connectivity index (χ0v) is 10.4. The molecule has 0 saturated heterocycles. The second-order valence-corrected chi connectivity index (χ2v) is 3.95. The maximum Gasteiger partial charge on any atom is 0.123 e. The van der Waals surface area contributed by atoms with Gasteiger partial charge in [0.15, 0.2) is 0 Å². The fraction of sp³-hybridized carbons (Fsp3) is 0.455. The van der Waals surface area contributed by atoms with Gasteiger partial charge in [-0.05, 0) is 17.7 Å². The monoisotopic (exact) mass is 264 g/mol. The van der Waals surface area contributed by atoms with Crippen LogP contribution in [0.5, 0.6) is 5.75 Å². The Balaban J connectivity index is 2.98. The first-order valence-corrected chi connectivity index (χ1v) is 5.85. The molecule has 16 heavy (non-hydrogen) atoms. The van der Waals surface area contributed by atoms with E-state index in [0.717, 1.165) is 5.56 Å². The van der Waals surface area contributed by atoms with Gasteiger partial charge in [-0.1, -0.05) is 6.07 Å². The second-order valence-electron chi connectivity index (χ2n) is 3.37. The van der Waals surface area contributed by atoms with Crippen LogP contribution in [0.25, 0.3) is 0 Å². The second kappa shape index (κ2) is 6.30. The summed E-state index contributed by atoms with van der Waals surface area (Å²) >= 11 is 11.2. The number of benzene rings is 1. The van der Waals surface area contributed by atoms with Gasteiger partial charge in [-0.2, -0.15) is 0 Å². The number of aliphatic hydroxyl groups is 2. The summed E-state index contributed by atoms with van der Waals surface area (Å²) < 4.78 is 5.10. The molecule has 2 unspecified atom stereocenters. The summed E-state index contributed by atoms with van der Waals surface area (Å²) in [7, 11) is 1.55. The van der Waals surface area contributed by atoms with E-state index in [2.05, 4.69) is 0 Å². The molecule has 0 heterocycles. The number of aliphatic hydroxyl groups excluding tert-OH is 2. The molecular weight excluding hydrogens is 251 g/mol. The van der Waals surface area contributed by atoms with E-state index in [-0.39, 0.29) is 11.8 Å². The third-order valence-electron chi connectivity index (χ3n) is 2.31. The molecule has 0 bridgehead atoms. The maximum absolute atomic E-state index is 9.75. The molecule has 2 atom stereocenters. The van der Waals surface area contributed by atoms with Gasteiger partial charge in [-0.25, -0.2) is 0 Å². The smallest absolute Gasteiger partial charge is 0.123 e. The minimum absolute atomic E-state index is 0.0244. The van der Waals surface area contributed by atoms with Gasteiger partial charge in [0.1, 0.15) is 11.9 Å². The van der Waals surface area contributed by atoms with E-state index in [1.807, 2.05) is 0 Å². The summed E-state index contributed by atoms with van der Waals surface area (Å²) in [5.74, 6) is 0.913. The van der Waals surface area contributed by atoms with Crippen LogP contribution in [0.15, 0.2) is 18.2 Å². The van der Waals surface area contributed by atoms with Crippen LogP contribution in [0, 0.1) is 0 Å². The predicted octanol–water partition coefficient (Wildman–Crippen LogP) is 2.07. The number of hydrogen-bond donors (Lipinski definition) is 2. The van der Waals surface area contributed by atoms with Crippen molar-refractivity contribution in [2.24, 2.45) is 0 Å². The molecule has 90 valence electrons. The van der Waals surface area contributed by atoms with Crippen molar-refractivity contribution >= 4 is 23.2 Å². The van der Waals surface area contributed by atoms with E-state index in [4.69, 9.17) is 27.9 Å². The number of hydrogen-bond acceptors (Lipinski definition) is 3. The molecule has 2 N–H and O–H groups in total. The number of halogens is 2. The summed E-state index contributed by atoms with van der Waals surface area (Å²) in [6.45, 7) is 0. The Morgan fingerprint density at radius 2 is 2.00 bits per heavy atom. The highest BCUT2D eigenvalue weighted by molar-refractivity contribution is 6.18. The highest BCUT2D eigenvalue weighted by Crippen LogP contribution is 2.26. The van der Waals surface area contributed by atoms with E-state index in [1.165, 1.54) is 0 Å². The molecule has 0 aliphatic rings. The van der Waals surface area contributed by atoms with Crippen LogP contribution in [-0.4, -0.2) is 29.3 Å². The molecule has 1 aromatic carbocycles. The van der Waals surface area contributed by atoms with E-state index in [1.54, 1.807) is 25.3 Å². The van der Waals surface area contributed by atoms with Crippen molar-refractivity contribution in [3.63, 3.8) is 0 Å². The summed E-state index contributed by atoms with van der Waals surface area (Å²) in [6, 6.07) is 5.08. The fourth-order valence-corrected chi connectivity index (χ4v) is 1.77. The van der Waals surface area contributed by atoms with Crippen molar-refractivity contribution in [2.75, 3.05) is 13.0 Å². The molecule has 0 saturated carbocycles. The van der Waals surface area contributed by atoms with Gasteiger partial charge >= 0.3 is 0 Å². The number of rotatable bonds is 5. The SMILES string of the molecule is COc1ccc(C(O)C(O)CCl)cc1CCl. The number of ether oxygens (including phenoxy) is 1. The van der Waals surface area contributed by atoms with Crippen LogP contribution in [0.1, 0.15) is 17.2 Å². The van der Waals surface area contributed by atoms with Crippen molar-refractivity contribution in [1.29, 1.82) is 0 Å². The maximum atomic E-state index is 9.75. The van der Waals surface area contributed by atoms with Gasteiger partial charge in [0.25, 0.3) is 0 Å². The van der Waals surface area contributed by atoms with Crippen molar-refractivity contribution < 1.29 is 14.9 Å². The Labute approximate surface area is 105 Å². The van der Waals surface area contributed by atoms with E-state index in [0.29, 0.717) is 11.3 Å². The molecule has 5 heteroatoms. The Kier molecular flexibility index (Phi) is 5.35. The summed E-state index contributed by atoms with van der Waals surface area (Å²) in [4.78, 5) is 0. The topological polar surface area (TPSA) is 49.7 Å². The van der Waals surface area contributed by atoms with Crippen molar-refractivity contribution in [3.8, 4) is 5.75 Å². The molecule has 1 rings (SSSR count). The molecular formula is C11H14Cl2O3. The zero-order chi connectivity index (χ0) is 12.1. The Morgan fingerprint density at radius 3 is 2.50 bits per heavy atom. The summed E-state index contributed by atoms with van der Waals surface area (Å²) in [5.41, 5.74) is 1.34. The largest absolute Gasteiger partial charge is 0.496 e. The Hall–Kier alpha value is -0.480. The minimum atomic E-state index is -1.01. The molecule has 0 spiro atoms. The molecule has 0 aromatic heterocycles. The predicted molar refractivity (Wildman–Crippen MR) is 64.2 cm³/mol.